The Morgan fingerprint density at radius 1 is 0.500 bits per heavy atom. The van der Waals surface area contributed by atoms with Crippen molar-refractivity contribution in [3.8, 4) is 0 Å². The minimum atomic E-state index is -1.95. The molecule has 0 N–H and O–H groups in total. The Kier molecular flexibility index (Phi) is 2.29. The summed E-state index contributed by atoms with van der Waals surface area (Å²) in [7, 11) is 0. The maximum atomic E-state index is 13.0. The minimum Gasteiger partial charge on any atom is -0.203 e. The van der Waals surface area contributed by atoms with Crippen molar-refractivity contribution in [2.75, 3.05) is 0 Å². The van der Waals surface area contributed by atoms with Gasteiger partial charge in [-0.25, -0.2) is 26.3 Å². The molecule has 2 aromatic rings. The van der Waals surface area contributed by atoms with Crippen LogP contribution in [0.4, 0.5) is 26.3 Å². The molecule has 0 heterocycles. The van der Waals surface area contributed by atoms with Crippen LogP contribution >= 0.6 is 0 Å². The lowest BCUT2D eigenvalue weighted by atomic mass is 10.1. The lowest BCUT2D eigenvalue weighted by Gasteiger charge is -2.03. The molecule has 0 unspecified atom stereocenters. The summed E-state index contributed by atoms with van der Waals surface area (Å²) >= 11 is 0. The standard InChI is InChI=1S/C10F6/c11-5-1-3-4(8(14)9(5)15)2-6(12)10(16)7(3)13. The second-order valence-corrected chi connectivity index (χ2v) is 2.88. The lowest BCUT2D eigenvalue weighted by Crippen LogP contribution is -1.99. The van der Waals surface area contributed by atoms with Crippen LogP contribution in [0.3, 0.4) is 0 Å². The maximum absolute atomic E-state index is 13.0. The third-order valence-corrected chi connectivity index (χ3v) is 1.93. The summed E-state index contributed by atoms with van der Waals surface area (Å²) in [4.78, 5) is 0. The molecule has 82 valence electrons. The lowest BCUT2D eigenvalue weighted by molar-refractivity contribution is 0.440. The zero-order valence-corrected chi connectivity index (χ0v) is 7.27. The van der Waals surface area contributed by atoms with E-state index >= 15 is 0 Å². The van der Waals surface area contributed by atoms with Crippen LogP contribution in [0.5, 0.6) is 0 Å². The van der Waals surface area contributed by atoms with Gasteiger partial charge in [-0.3, -0.25) is 0 Å². The van der Waals surface area contributed by atoms with Crippen LogP contribution in [0, 0.1) is 47.0 Å². The summed E-state index contributed by atoms with van der Waals surface area (Å²) in [5.74, 6) is -11.2. The minimum absolute atomic E-state index is 1.03. The fourth-order valence-electron chi connectivity index (χ4n) is 1.20. The normalized spacial score (nSPS) is 11.1. The number of hydrogen-bond acceptors (Lipinski definition) is 0. The number of rotatable bonds is 0. The third kappa shape index (κ3) is 1.33. The van der Waals surface area contributed by atoms with Crippen molar-refractivity contribution >= 4 is 10.8 Å². The first-order chi connectivity index (χ1) is 7.43. The molecule has 0 amide bonds. The van der Waals surface area contributed by atoms with E-state index in [1.807, 2.05) is 0 Å². The van der Waals surface area contributed by atoms with Crippen molar-refractivity contribution in [3.05, 3.63) is 47.0 Å². The number of hydrogen-bond donors (Lipinski definition) is 0. The van der Waals surface area contributed by atoms with Crippen molar-refractivity contribution in [2.24, 2.45) is 0 Å². The van der Waals surface area contributed by atoms with Crippen LogP contribution < -0.4 is 0 Å². The molecule has 16 heavy (non-hydrogen) atoms. The van der Waals surface area contributed by atoms with Gasteiger partial charge < -0.3 is 0 Å². The highest BCUT2D eigenvalue weighted by Gasteiger charge is 2.21. The molecule has 0 aliphatic rings. The highest BCUT2D eigenvalue weighted by molar-refractivity contribution is 5.83. The monoisotopic (exact) mass is 234 g/mol. The average Bonchev–Trinajstić information content (AvgIpc) is 2.25. The first-order valence-corrected chi connectivity index (χ1v) is 3.88. The van der Waals surface area contributed by atoms with E-state index < -0.39 is 45.7 Å². The third-order valence-electron chi connectivity index (χ3n) is 1.93. The molecule has 0 aliphatic carbocycles. The van der Waals surface area contributed by atoms with E-state index in [2.05, 4.69) is 0 Å². The molecule has 0 bridgehead atoms. The van der Waals surface area contributed by atoms with Crippen molar-refractivity contribution in [3.63, 3.8) is 0 Å². The summed E-state index contributed by atoms with van der Waals surface area (Å²) in [6.07, 6.45) is 0. The van der Waals surface area contributed by atoms with Gasteiger partial charge in [-0.05, 0) is 0 Å². The highest BCUT2D eigenvalue weighted by Crippen LogP contribution is 2.27. The van der Waals surface area contributed by atoms with Crippen LogP contribution in [0.2, 0.25) is 0 Å². The van der Waals surface area contributed by atoms with E-state index in [0.29, 0.717) is 0 Å². The van der Waals surface area contributed by atoms with Gasteiger partial charge in [0.25, 0.3) is 0 Å². The molecule has 0 aliphatic heterocycles. The van der Waals surface area contributed by atoms with Gasteiger partial charge in [0.2, 0.25) is 0 Å². The fourth-order valence-corrected chi connectivity index (χ4v) is 1.20. The molecule has 6 heteroatoms. The SMILES string of the molecule is Fc1[c]c2c(F)c(F)c(F)[c]c2c(F)c1F. The van der Waals surface area contributed by atoms with E-state index in [1.165, 1.54) is 12.1 Å². The van der Waals surface area contributed by atoms with Gasteiger partial charge in [0.15, 0.2) is 34.9 Å². The first kappa shape index (κ1) is 10.8. The van der Waals surface area contributed by atoms with E-state index in [-0.39, 0.29) is 0 Å². The smallest absolute Gasteiger partial charge is 0.195 e. The number of benzene rings is 2. The molecule has 0 saturated carbocycles. The number of halogens is 6. The Morgan fingerprint density at radius 3 is 1.12 bits per heavy atom. The molecule has 0 nitrogen and oxygen atoms in total. The fraction of sp³-hybridized carbons (Fsp3) is 0. The van der Waals surface area contributed by atoms with Crippen molar-refractivity contribution < 1.29 is 26.3 Å². The molecule has 0 aromatic heterocycles. The molecular formula is C10F6. The average molecular weight is 234 g/mol. The Morgan fingerprint density at radius 2 is 0.812 bits per heavy atom. The van der Waals surface area contributed by atoms with E-state index in [9.17, 15) is 26.3 Å². The van der Waals surface area contributed by atoms with E-state index in [4.69, 9.17) is 0 Å². The predicted molar refractivity (Wildman–Crippen MR) is 41.4 cm³/mol. The van der Waals surface area contributed by atoms with Crippen molar-refractivity contribution in [1.29, 1.82) is 0 Å². The maximum Gasteiger partial charge on any atom is 0.195 e. The molecule has 0 fully saturated rings. The van der Waals surface area contributed by atoms with Crippen molar-refractivity contribution in [2.45, 2.75) is 0 Å². The van der Waals surface area contributed by atoms with Gasteiger partial charge in [-0.2, -0.15) is 0 Å². The van der Waals surface area contributed by atoms with Gasteiger partial charge >= 0.3 is 0 Å². The predicted octanol–water partition coefficient (Wildman–Crippen LogP) is 3.27. The van der Waals surface area contributed by atoms with Gasteiger partial charge in [0.1, 0.15) is 0 Å². The van der Waals surface area contributed by atoms with Gasteiger partial charge in [-0.1, -0.05) is 0 Å². The molecule has 0 spiro atoms. The van der Waals surface area contributed by atoms with Crippen LogP contribution in [-0.4, -0.2) is 0 Å². The zero-order valence-electron chi connectivity index (χ0n) is 7.27. The van der Waals surface area contributed by atoms with Crippen LogP contribution in [0.25, 0.3) is 10.8 Å². The summed E-state index contributed by atoms with van der Waals surface area (Å²) in [5.41, 5.74) is 0. The largest absolute Gasteiger partial charge is 0.203 e. The quantitative estimate of drug-likeness (QED) is 0.484. The molecule has 2 aromatic carbocycles. The Hall–Kier alpha value is -1.72. The van der Waals surface area contributed by atoms with E-state index in [0.717, 1.165) is 0 Å². The van der Waals surface area contributed by atoms with Crippen LogP contribution in [0.15, 0.2) is 0 Å². The summed E-state index contributed by atoms with van der Waals surface area (Å²) < 4.78 is 76.7. The molecular weight excluding hydrogens is 234 g/mol. The molecule has 0 saturated heterocycles. The second-order valence-electron chi connectivity index (χ2n) is 2.88. The van der Waals surface area contributed by atoms with Gasteiger partial charge in [0, 0.05) is 22.9 Å². The molecule has 0 atom stereocenters. The first-order valence-electron chi connectivity index (χ1n) is 3.88. The van der Waals surface area contributed by atoms with Crippen LogP contribution in [0.1, 0.15) is 0 Å². The Labute approximate surface area is 85.1 Å². The van der Waals surface area contributed by atoms with Gasteiger partial charge in [0.05, 0.1) is 0 Å². The van der Waals surface area contributed by atoms with Crippen molar-refractivity contribution in [1.82, 2.24) is 0 Å². The summed E-state index contributed by atoms with van der Waals surface area (Å²) in [6, 6.07) is 2.88. The summed E-state index contributed by atoms with van der Waals surface area (Å²) in [5, 5.41) is -2.06. The topological polar surface area (TPSA) is 0 Å². The zero-order chi connectivity index (χ0) is 12.0. The second kappa shape index (κ2) is 3.40. The van der Waals surface area contributed by atoms with Gasteiger partial charge in [-0.15, -0.1) is 0 Å². The Bertz CT molecular complexity index is 537. The highest BCUT2D eigenvalue weighted by atomic mass is 19.2. The number of fused-ring (bicyclic) bond motifs is 1. The summed E-state index contributed by atoms with van der Waals surface area (Å²) in [6.45, 7) is 0. The molecule has 2 rings (SSSR count). The Balaban J connectivity index is 3.02. The van der Waals surface area contributed by atoms with E-state index in [1.54, 1.807) is 0 Å². The molecule has 2 radical (unpaired) electrons. The van der Waals surface area contributed by atoms with Crippen LogP contribution in [-0.2, 0) is 0 Å².